The van der Waals surface area contributed by atoms with E-state index < -0.39 is 0 Å². The monoisotopic (exact) mass is 340 g/mol. The molecule has 1 amide bonds. The Labute approximate surface area is 149 Å². The topological polar surface area (TPSA) is 23.6 Å². The lowest BCUT2D eigenvalue weighted by molar-refractivity contribution is -0.130. The lowest BCUT2D eigenvalue weighted by atomic mass is 10.0. The quantitative estimate of drug-likeness (QED) is 0.849. The van der Waals surface area contributed by atoms with Crippen molar-refractivity contribution in [1.82, 2.24) is 4.90 Å². The second kappa shape index (κ2) is 7.68. The van der Waals surface area contributed by atoms with Crippen molar-refractivity contribution in [3.8, 4) is 0 Å². The number of rotatable bonds is 4. The van der Waals surface area contributed by atoms with Crippen LogP contribution in [-0.2, 0) is 17.6 Å². The lowest BCUT2D eigenvalue weighted by Gasteiger charge is -2.38. The van der Waals surface area contributed by atoms with Gasteiger partial charge >= 0.3 is 0 Å². The number of amides is 1. The third kappa shape index (κ3) is 4.01. The third-order valence-corrected chi connectivity index (χ3v) is 4.90. The molecule has 1 aliphatic rings. The first-order valence-corrected chi connectivity index (χ1v) is 8.94. The number of piperazine rings is 1. The SMILES string of the molecule is CCc1cccc(C)c1N1CCN(C(=O)Cc2cccc(F)c2)CC1. The van der Waals surface area contributed by atoms with Gasteiger partial charge in [0.2, 0.25) is 5.91 Å². The molecule has 0 bridgehead atoms. The molecule has 0 N–H and O–H groups in total. The molecule has 132 valence electrons. The predicted molar refractivity (Wildman–Crippen MR) is 99.5 cm³/mol. The predicted octanol–water partition coefficient (Wildman–Crippen LogP) is 3.59. The van der Waals surface area contributed by atoms with Gasteiger partial charge in [-0.15, -0.1) is 0 Å². The van der Waals surface area contributed by atoms with Gasteiger partial charge in [0.1, 0.15) is 5.82 Å². The Bertz CT molecular complexity index is 751. The maximum Gasteiger partial charge on any atom is 0.227 e. The van der Waals surface area contributed by atoms with Gasteiger partial charge in [-0.3, -0.25) is 4.79 Å². The molecule has 0 saturated carbocycles. The molecule has 0 radical (unpaired) electrons. The zero-order chi connectivity index (χ0) is 17.8. The molecule has 1 saturated heterocycles. The van der Waals surface area contributed by atoms with Crippen LogP contribution < -0.4 is 4.90 Å². The second-order valence-electron chi connectivity index (χ2n) is 6.61. The summed E-state index contributed by atoms with van der Waals surface area (Å²) >= 11 is 0. The number of carbonyl (C=O) groups excluding carboxylic acids is 1. The van der Waals surface area contributed by atoms with Crippen LogP contribution >= 0.6 is 0 Å². The van der Waals surface area contributed by atoms with Crippen LogP contribution in [0.1, 0.15) is 23.6 Å². The zero-order valence-corrected chi connectivity index (χ0v) is 15.0. The van der Waals surface area contributed by atoms with Crippen LogP contribution in [0.25, 0.3) is 0 Å². The van der Waals surface area contributed by atoms with Crippen molar-refractivity contribution in [2.75, 3.05) is 31.1 Å². The summed E-state index contributed by atoms with van der Waals surface area (Å²) in [6.45, 7) is 7.43. The van der Waals surface area contributed by atoms with E-state index in [-0.39, 0.29) is 18.1 Å². The normalized spacial score (nSPS) is 14.7. The van der Waals surface area contributed by atoms with Gasteiger partial charge < -0.3 is 9.80 Å². The van der Waals surface area contributed by atoms with Gasteiger partial charge in [-0.05, 0) is 42.2 Å². The summed E-state index contributed by atoms with van der Waals surface area (Å²) in [5, 5.41) is 0. The molecule has 0 spiro atoms. The molecule has 3 nitrogen and oxygen atoms in total. The van der Waals surface area contributed by atoms with Gasteiger partial charge in [0.15, 0.2) is 0 Å². The fraction of sp³-hybridized carbons (Fsp3) is 0.381. The Balaban J connectivity index is 1.63. The van der Waals surface area contributed by atoms with E-state index in [2.05, 4.69) is 36.9 Å². The van der Waals surface area contributed by atoms with E-state index >= 15 is 0 Å². The van der Waals surface area contributed by atoms with Gasteiger partial charge in [-0.1, -0.05) is 37.3 Å². The summed E-state index contributed by atoms with van der Waals surface area (Å²) in [5.74, 6) is -0.215. The number of para-hydroxylation sites is 1. The zero-order valence-electron chi connectivity index (χ0n) is 15.0. The van der Waals surface area contributed by atoms with E-state index in [1.807, 2.05) is 4.90 Å². The minimum Gasteiger partial charge on any atom is -0.368 e. The highest BCUT2D eigenvalue weighted by Gasteiger charge is 2.23. The number of nitrogens with zero attached hydrogens (tertiary/aromatic N) is 2. The van der Waals surface area contributed by atoms with Gasteiger partial charge in [0.25, 0.3) is 0 Å². The van der Waals surface area contributed by atoms with E-state index in [1.165, 1.54) is 28.9 Å². The third-order valence-electron chi connectivity index (χ3n) is 4.90. The first-order valence-electron chi connectivity index (χ1n) is 8.94. The van der Waals surface area contributed by atoms with Crippen molar-refractivity contribution in [3.05, 3.63) is 65.0 Å². The molecule has 3 rings (SSSR count). The maximum atomic E-state index is 13.3. The number of hydrogen-bond donors (Lipinski definition) is 0. The van der Waals surface area contributed by atoms with Crippen LogP contribution in [0.4, 0.5) is 10.1 Å². The van der Waals surface area contributed by atoms with E-state index in [0.29, 0.717) is 13.1 Å². The fourth-order valence-electron chi connectivity index (χ4n) is 3.57. The van der Waals surface area contributed by atoms with E-state index in [9.17, 15) is 9.18 Å². The van der Waals surface area contributed by atoms with Crippen molar-refractivity contribution in [3.63, 3.8) is 0 Å². The first-order chi connectivity index (χ1) is 12.1. The minimum atomic E-state index is -0.290. The highest BCUT2D eigenvalue weighted by molar-refractivity contribution is 5.79. The van der Waals surface area contributed by atoms with Crippen molar-refractivity contribution in [2.45, 2.75) is 26.7 Å². The molecule has 2 aromatic carbocycles. The summed E-state index contributed by atoms with van der Waals surface area (Å²) in [7, 11) is 0. The largest absolute Gasteiger partial charge is 0.368 e. The smallest absolute Gasteiger partial charge is 0.227 e. The lowest BCUT2D eigenvalue weighted by Crippen LogP contribution is -2.49. The molecule has 25 heavy (non-hydrogen) atoms. The highest BCUT2D eigenvalue weighted by atomic mass is 19.1. The van der Waals surface area contributed by atoms with Gasteiger partial charge in [0.05, 0.1) is 6.42 Å². The van der Waals surface area contributed by atoms with Crippen LogP contribution in [0.2, 0.25) is 0 Å². The minimum absolute atomic E-state index is 0.0748. The number of halogens is 1. The maximum absolute atomic E-state index is 13.3. The Morgan fingerprint density at radius 2 is 1.80 bits per heavy atom. The van der Waals surface area contributed by atoms with Crippen LogP contribution in [0.15, 0.2) is 42.5 Å². The number of anilines is 1. The fourth-order valence-corrected chi connectivity index (χ4v) is 3.57. The average Bonchev–Trinajstić information content (AvgIpc) is 2.61. The number of hydrogen-bond acceptors (Lipinski definition) is 2. The highest BCUT2D eigenvalue weighted by Crippen LogP contribution is 2.26. The second-order valence-corrected chi connectivity index (χ2v) is 6.61. The van der Waals surface area contributed by atoms with Gasteiger partial charge in [-0.2, -0.15) is 0 Å². The van der Waals surface area contributed by atoms with Crippen LogP contribution in [-0.4, -0.2) is 37.0 Å². The summed E-state index contributed by atoms with van der Waals surface area (Å²) in [6.07, 6.45) is 1.28. The molecule has 4 heteroatoms. The standard InChI is InChI=1S/C21H25FN2O/c1-3-18-8-4-6-16(2)21(18)24-12-10-23(11-13-24)20(25)15-17-7-5-9-19(22)14-17/h4-9,14H,3,10-13,15H2,1-2H3. The Morgan fingerprint density at radius 1 is 1.08 bits per heavy atom. The van der Waals surface area contributed by atoms with Crippen molar-refractivity contribution < 1.29 is 9.18 Å². The molecule has 1 aliphatic heterocycles. The number of carbonyl (C=O) groups is 1. The molecule has 0 aliphatic carbocycles. The van der Waals surface area contributed by atoms with Gasteiger partial charge in [-0.25, -0.2) is 4.39 Å². The molecule has 0 aromatic heterocycles. The van der Waals surface area contributed by atoms with Crippen LogP contribution in [0.5, 0.6) is 0 Å². The van der Waals surface area contributed by atoms with Crippen molar-refractivity contribution in [2.24, 2.45) is 0 Å². The Kier molecular flexibility index (Phi) is 5.37. The molecular formula is C21H25FN2O. The summed E-state index contributed by atoms with van der Waals surface area (Å²) < 4.78 is 13.3. The molecule has 1 heterocycles. The van der Waals surface area contributed by atoms with E-state index in [1.54, 1.807) is 12.1 Å². The average molecular weight is 340 g/mol. The van der Waals surface area contributed by atoms with Crippen LogP contribution in [0.3, 0.4) is 0 Å². The molecule has 0 unspecified atom stereocenters. The van der Waals surface area contributed by atoms with Crippen LogP contribution in [0, 0.1) is 12.7 Å². The van der Waals surface area contributed by atoms with E-state index in [0.717, 1.165) is 25.1 Å². The molecular weight excluding hydrogens is 315 g/mol. The summed E-state index contributed by atoms with van der Waals surface area (Å²) in [6, 6.07) is 12.7. The first kappa shape index (κ1) is 17.5. The van der Waals surface area contributed by atoms with Crippen molar-refractivity contribution >= 4 is 11.6 Å². The molecule has 0 atom stereocenters. The summed E-state index contributed by atoms with van der Waals surface area (Å²) in [4.78, 5) is 16.8. The Hall–Kier alpha value is -2.36. The number of aryl methyl sites for hydroxylation is 2. The van der Waals surface area contributed by atoms with Gasteiger partial charge in [0, 0.05) is 31.9 Å². The molecule has 2 aromatic rings. The van der Waals surface area contributed by atoms with E-state index in [4.69, 9.17) is 0 Å². The van der Waals surface area contributed by atoms with Crippen molar-refractivity contribution in [1.29, 1.82) is 0 Å². The summed E-state index contributed by atoms with van der Waals surface area (Å²) in [5.41, 5.74) is 4.71. The number of benzene rings is 2. The molecule has 1 fully saturated rings. The Morgan fingerprint density at radius 3 is 2.48 bits per heavy atom.